The van der Waals surface area contributed by atoms with Crippen molar-refractivity contribution in [2.24, 2.45) is 0 Å². The van der Waals surface area contributed by atoms with Gasteiger partial charge in [0.05, 0.1) is 12.8 Å². The topological polar surface area (TPSA) is 44.5 Å². The van der Waals surface area contributed by atoms with Gasteiger partial charge in [0.15, 0.2) is 0 Å². The summed E-state index contributed by atoms with van der Waals surface area (Å²) in [5, 5.41) is 0. The molecule has 0 bridgehead atoms. The zero-order valence-corrected chi connectivity index (χ0v) is 8.62. The van der Waals surface area contributed by atoms with Crippen LogP contribution in [0, 0.1) is 0 Å². The Balaban J connectivity index is 2.73. The number of rotatable bonds is 4. The number of methoxy groups -OCH3 is 1. The van der Waals surface area contributed by atoms with Gasteiger partial charge < -0.3 is 15.2 Å². The van der Waals surface area contributed by atoms with Crippen LogP contribution in [0.5, 0.6) is 11.5 Å². The molecule has 0 atom stereocenters. The molecule has 14 heavy (non-hydrogen) atoms. The van der Waals surface area contributed by atoms with Gasteiger partial charge in [0.2, 0.25) is 0 Å². The Morgan fingerprint density at radius 2 is 2.29 bits per heavy atom. The van der Waals surface area contributed by atoms with E-state index in [9.17, 15) is 0 Å². The molecule has 0 unspecified atom stereocenters. The molecule has 0 radical (unpaired) electrons. The third kappa shape index (κ3) is 2.85. The summed E-state index contributed by atoms with van der Waals surface area (Å²) in [4.78, 5) is 0. The van der Waals surface area contributed by atoms with Gasteiger partial charge in [0.25, 0.3) is 0 Å². The van der Waals surface area contributed by atoms with Gasteiger partial charge in [-0.15, -0.1) is 0 Å². The van der Waals surface area contributed by atoms with Crippen molar-refractivity contribution in [3.05, 3.63) is 29.8 Å². The van der Waals surface area contributed by atoms with Gasteiger partial charge in [-0.25, -0.2) is 0 Å². The van der Waals surface area contributed by atoms with E-state index in [4.69, 9.17) is 26.8 Å². The van der Waals surface area contributed by atoms with E-state index < -0.39 is 0 Å². The highest BCUT2D eigenvalue weighted by atomic mass is 35.5. The molecule has 0 aliphatic rings. The van der Waals surface area contributed by atoms with Crippen LogP contribution < -0.4 is 15.2 Å². The molecule has 0 spiro atoms. The molecule has 0 saturated heterocycles. The second kappa shape index (κ2) is 5.40. The molecule has 1 rings (SSSR count). The van der Waals surface area contributed by atoms with Crippen LogP contribution in [-0.4, -0.2) is 13.7 Å². The summed E-state index contributed by atoms with van der Waals surface area (Å²) in [6.45, 7) is 0.390. The predicted octanol–water partition coefficient (Wildman–Crippen LogP) is 2.41. The summed E-state index contributed by atoms with van der Waals surface area (Å²) < 4.78 is 10.4. The van der Waals surface area contributed by atoms with Gasteiger partial charge in [0, 0.05) is 11.6 Å². The minimum absolute atomic E-state index is 0.390. The van der Waals surface area contributed by atoms with Crippen LogP contribution in [0.15, 0.2) is 29.8 Å². The highest BCUT2D eigenvalue weighted by Gasteiger charge is 2.01. The lowest BCUT2D eigenvalue weighted by atomic mass is 10.3. The molecule has 0 aliphatic heterocycles. The van der Waals surface area contributed by atoms with Crippen LogP contribution in [0.3, 0.4) is 0 Å². The predicted molar refractivity (Wildman–Crippen MR) is 57.9 cm³/mol. The Morgan fingerprint density at radius 3 is 2.93 bits per heavy atom. The third-order valence-electron chi connectivity index (χ3n) is 1.64. The van der Waals surface area contributed by atoms with Crippen molar-refractivity contribution in [3.8, 4) is 11.5 Å². The zero-order chi connectivity index (χ0) is 10.4. The molecule has 3 nitrogen and oxygen atoms in total. The smallest absolute Gasteiger partial charge is 0.146 e. The standard InChI is InChI=1S/C10H12ClNO2/c1-13-8-3-4-9(12)10(7-8)14-6-2-5-11/h2-5,7H,6,12H2,1H3/b5-2+. The Bertz CT molecular complexity index is 326. The van der Waals surface area contributed by atoms with Crippen LogP contribution in [0.2, 0.25) is 0 Å². The van der Waals surface area contributed by atoms with Crippen molar-refractivity contribution in [2.45, 2.75) is 0 Å². The molecular formula is C10H12ClNO2. The maximum atomic E-state index is 5.69. The summed E-state index contributed by atoms with van der Waals surface area (Å²) in [7, 11) is 1.59. The van der Waals surface area contributed by atoms with Gasteiger partial charge in [-0.05, 0) is 18.2 Å². The van der Waals surface area contributed by atoms with E-state index in [1.54, 1.807) is 31.4 Å². The van der Waals surface area contributed by atoms with Gasteiger partial charge in [0.1, 0.15) is 18.1 Å². The summed E-state index contributed by atoms with van der Waals surface area (Å²) in [6, 6.07) is 5.25. The normalized spacial score (nSPS) is 10.4. The Labute approximate surface area is 88.1 Å². The van der Waals surface area contributed by atoms with Crippen molar-refractivity contribution in [1.29, 1.82) is 0 Å². The Hall–Kier alpha value is -1.35. The fourth-order valence-corrected chi connectivity index (χ4v) is 1.01. The number of anilines is 1. The summed E-state index contributed by atoms with van der Waals surface area (Å²) in [5.74, 6) is 1.31. The second-order valence-electron chi connectivity index (χ2n) is 2.58. The van der Waals surface area contributed by atoms with E-state index in [0.717, 1.165) is 0 Å². The molecule has 1 aromatic carbocycles. The lowest BCUT2D eigenvalue weighted by molar-refractivity contribution is 0.359. The molecule has 0 saturated carbocycles. The highest BCUT2D eigenvalue weighted by molar-refractivity contribution is 6.25. The average Bonchev–Trinajstić information content (AvgIpc) is 2.21. The fraction of sp³-hybridized carbons (Fsp3) is 0.200. The molecule has 76 valence electrons. The van der Waals surface area contributed by atoms with Crippen LogP contribution in [0.1, 0.15) is 0 Å². The zero-order valence-electron chi connectivity index (χ0n) is 7.87. The van der Waals surface area contributed by atoms with Gasteiger partial charge in [-0.2, -0.15) is 0 Å². The van der Waals surface area contributed by atoms with Crippen LogP contribution in [0.25, 0.3) is 0 Å². The lowest BCUT2D eigenvalue weighted by Crippen LogP contribution is -1.98. The van der Waals surface area contributed by atoms with Gasteiger partial charge in [-0.1, -0.05) is 11.6 Å². The minimum atomic E-state index is 0.390. The minimum Gasteiger partial charge on any atom is -0.497 e. The molecule has 0 fully saturated rings. The summed E-state index contributed by atoms with van der Waals surface area (Å²) >= 11 is 5.35. The number of hydrogen-bond donors (Lipinski definition) is 1. The summed E-state index contributed by atoms with van der Waals surface area (Å²) in [5.41, 5.74) is 7.67. The third-order valence-corrected chi connectivity index (χ3v) is 1.82. The number of nitrogens with two attached hydrogens (primary N) is 1. The Kier molecular flexibility index (Phi) is 4.13. The first-order valence-corrected chi connectivity index (χ1v) is 4.53. The maximum Gasteiger partial charge on any atom is 0.146 e. The van der Waals surface area contributed by atoms with Crippen LogP contribution >= 0.6 is 11.6 Å². The van der Waals surface area contributed by atoms with Crippen molar-refractivity contribution in [1.82, 2.24) is 0 Å². The van der Waals surface area contributed by atoms with E-state index in [1.165, 1.54) is 5.54 Å². The Morgan fingerprint density at radius 1 is 1.50 bits per heavy atom. The molecular weight excluding hydrogens is 202 g/mol. The first-order valence-electron chi connectivity index (χ1n) is 4.09. The fourth-order valence-electron chi connectivity index (χ4n) is 0.941. The quantitative estimate of drug-likeness (QED) is 0.782. The van der Waals surface area contributed by atoms with E-state index in [0.29, 0.717) is 23.8 Å². The summed E-state index contributed by atoms with van der Waals surface area (Å²) in [6.07, 6.45) is 1.68. The molecule has 0 aromatic heterocycles. The number of ether oxygens (including phenoxy) is 2. The van der Waals surface area contributed by atoms with Crippen LogP contribution in [-0.2, 0) is 0 Å². The number of benzene rings is 1. The van der Waals surface area contributed by atoms with E-state index in [1.807, 2.05) is 0 Å². The first-order chi connectivity index (χ1) is 6.77. The molecule has 2 N–H and O–H groups in total. The van der Waals surface area contributed by atoms with Crippen LogP contribution in [0.4, 0.5) is 5.69 Å². The number of nitrogen functional groups attached to an aromatic ring is 1. The SMILES string of the molecule is COc1ccc(N)c(OC/C=C/Cl)c1. The van der Waals surface area contributed by atoms with Gasteiger partial charge >= 0.3 is 0 Å². The molecule has 0 heterocycles. The lowest BCUT2D eigenvalue weighted by Gasteiger charge is -2.08. The number of hydrogen-bond acceptors (Lipinski definition) is 3. The second-order valence-corrected chi connectivity index (χ2v) is 2.83. The van der Waals surface area contributed by atoms with E-state index >= 15 is 0 Å². The van der Waals surface area contributed by atoms with Crippen molar-refractivity contribution in [2.75, 3.05) is 19.5 Å². The first kappa shape index (κ1) is 10.7. The number of halogens is 1. The molecule has 0 amide bonds. The van der Waals surface area contributed by atoms with Gasteiger partial charge in [-0.3, -0.25) is 0 Å². The average molecular weight is 214 g/mol. The monoisotopic (exact) mass is 213 g/mol. The highest BCUT2D eigenvalue weighted by Crippen LogP contribution is 2.26. The molecule has 4 heteroatoms. The van der Waals surface area contributed by atoms with Crippen molar-refractivity contribution < 1.29 is 9.47 Å². The maximum absolute atomic E-state index is 5.69. The largest absolute Gasteiger partial charge is 0.497 e. The van der Waals surface area contributed by atoms with E-state index in [-0.39, 0.29) is 0 Å². The van der Waals surface area contributed by atoms with Crippen molar-refractivity contribution >= 4 is 17.3 Å². The van der Waals surface area contributed by atoms with E-state index in [2.05, 4.69) is 0 Å². The van der Waals surface area contributed by atoms with Crippen molar-refractivity contribution in [3.63, 3.8) is 0 Å². The molecule has 0 aliphatic carbocycles. The molecule has 1 aromatic rings.